The van der Waals surface area contributed by atoms with Crippen molar-refractivity contribution in [2.24, 2.45) is 5.92 Å². The fraction of sp³-hybridized carbons (Fsp3) is 0.588. The second kappa shape index (κ2) is 7.03. The first-order valence-electron chi connectivity index (χ1n) is 8.66. The van der Waals surface area contributed by atoms with Crippen LogP contribution in [0.5, 0.6) is 0 Å². The van der Waals surface area contributed by atoms with Gasteiger partial charge in [-0.15, -0.1) is 0 Å². The summed E-state index contributed by atoms with van der Waals surface area (Å²) in [4.78, 5) is 14.6. The molecule has 1 aromatic carbocycles. The van der Waals surface area contributed by atoms with Crippen molar-refractivity contribution in [3.63, 3.8) is 0 Å². The van der Waals surface area contributed by atoms with Crippen LogP contribution in [0.1, 0.15) is 25.8 Å². The van der Waals surface area contributed by atoms with Crippen molar-refractivity contribution in [2.45, 2.75) is 49.7 Å². The van der Waals surface area contributed by atoms with Gasteiger partial charge in [0, 0.05) is 25.7 Å². The normalized spacial score (nSPS) is 30.7. The van der Waals surface area contributed by atoms with Crippen LogP contribution in [0, 0.1) is 5.92 Å². The fourth-order valence-electron chi connectivity index (χ4n) is 3.71. The largest absolute Gasteiger partial charge is 0.344 e. The maximum absolute atomic E-state index is 12.7. The first kappa shape index (κ1) is 18.3. The van der Waals surface area contributed by atoms with Crippen LogP contribution >= 0.6 is 0 Å². The Labute approximate surface area is 149 Å². The number of hydrazine groups is 1. The summed E-state index contributed by atoms with van der Waals surface area (Å²) in [5.74, 6) is 0.247. The molecule has 2 aliphatic heterocycles. The molecule has 0 radical (unpaired) electrons. The number of fused-ring (bicyclic) bond motifs is 1. The van der Waals surface area contributed by atoms with Crippen LogP contribution in [0.15, 0.2) is 29.2 Å². The van der Waals surface area contributed by atoms with Gasteiger partial charge in [-0.2, -0.15) is 4.72 Å². The molecule has 7 nitrogen and oxygen atoms in total. The van der Waals surface area contributed by atoms with Crippen LogP contribution in [0.25, 0.3) is 0 Å². The minimum Gasteiger partial charge on any atom is -0.344 e. The molecule has 0 spiro atoms. The molecule has 1 amide bonds. The lowest BCUT2D eigenvalue weighted by molar-refractivity contribution is -0.131. The van der Waals surface area contributed by atoms with Gasteiger partial charge in [0.25, 0.3) is 0 Å². The zero-order chi connectivity index (χ0) is 18.2. The number of likely N-dealkylation sites (N-methyl/N-ethyl adjacent to an activating group) is 1. The molecule has 3 N–H and O–H groups in total. The second-order valence-corrected chi connectivity index (χ2v) is 8.75. The van der Waals surface area contributed by atoms with E-state index in [9.17, 15) is 13.2 Å². The SMILES string of the molecule is CC1NNC(C)C1CCN(C)C(=O)C1Cc2ccccc2S(=O)(=O)N1. The number of sulfonamides is 1. The minimum absolute atomic E-state index is 0.183. The quantitative estimate of drug-likeness (QED) is 0.710. The van der Waals surface area contributed by atoms with Crippen LogP contribution in [0.4, 0.5) is 0 Å². The molecule has 25 heavy (non-hydrogen) atoms. The van der Waals surface area contributed by atoms with Gasteiger partial charge < -0.3 is 4.90 Å². The molecule has 0 saturated carbocycles. The van der Waals surface area contributed by atoms with Crippen LogP contribution in [-0.2, 0) is 21.2 Å². The zero-order valence-corrected chi connectivity index (χ0v) is 15.6. The number of hydrogen-bond acceptors (Lipinski definition) is 5. The van der Waals surface area contributed by atoms with Crippen LogP contribution < -0.4 is 15.6 Å². The molecule has 2 heterocycles. The van der Waals surface area contributed by atoms with E-state index in [1.165, 1.54) is 0 Å². The summed E-state index contributed by atoms with van der Waals surface area (Å²) in [6, 6.07) is 6.79. The van der Waals surface area contributed by atoms with E-state index < -0.39 is 16.1 Å². The molecular formula is C17H26N4O3S. The van der Waals surface area contributed by atoms with Gasteiger partial charge in [-0.05, 0) is 44.2 Å². The van der Waals surface area contributed by atoms with Crippen LogP contribution in [0.2, 0.25) is 0 Å². The van der Waals surface area contributed by atoms with Gasteiger partial charge in [-0.3, -0.25) is 15.6 Å². The number of carbonyl (C=O) groups is 1. The fourth-order valence-corrected chi connectivity index (χ4v) is 5.15. The lowest BCUT2D eigenvalue weighted by Crippen LogP contribution is -2.51. The maximum Gasteiger partial charge on any atom is 0.241 e. The Kier molecular flexibility index (Phi) is 5.15. The molecule has 1 fully saturated rings. The van der Waals surface area contributed by atoms with Gasteiger partial charge >= 0.3 is 0 Å². The summed E-state index contributed by atoms with van der Waals surface area (Å²) in [6.07, 6.45) is 1.25. The average molecular weight is 366 g/mol. The average Bonchev–Trinajstić information content (AvgIpc) is 2.89. The standard InChI is InChI=1S/C17H26N4O3S/c1-11-14(12(2)19-18-11)8-9-21(3)17(22)15-10-13-6-4-5-7-16(13)25(23,24)20-15/h4-7,11-12,14-15,18-20H,8-10H2,1-3H3. The molecule has 3 unspecified atom stereocenters. The van der Waals surface area contributed by atoms with E-state index in [1.807, 2.05) is 0 Å². The third-order valence-corrected chi connectivity index (χ3v) is 6.85. The van der Waals surface area contributed by atoms with E-state index >= 15 is 0 Å². The van der Waals surface area contributed by atoms with E-state index in [0.717, 1.165) is 6.42 Å². The highest BCUT2D eigenvalue weighted by Gasteiger charge is 2.35. The van der Waals surface area contributed by atoms with E-state index in [2.05, 4.69) is 29.4 Å². The van der Waals surface area contributed by atoms with Crippen molar-refractivity contribution < 1.29 is 13.2 Å². The van der Waals surface area contributed by atoms with E-state index in [1.54, 1.807) is 36.2 Å². The van der Waals surface area contributed by atoms with Crippen LogP contribution in [0.3, 0.4) is 0 Å². The van der Waals surface area contributed by atoms with E-state index in [4.69, 9.17) is 0 Å². The number of amides is 1. The first-order valence-corrected chi connectivity index (χ1v) is 10.1. The molecule has 0 aromatic heterocycles. The van der Waals surface area contributed by atoms with Gasteiger partial charge in [-0.25, -0.2) is 8.42 Å². The van der Waals surface area contributed by atoms with Gasteiger partial charge in [0.2, 0.25) is 15.9 Å². The van der Waals surface area contributed by atoms with Crippen molar-refractivity contribution in [3.05, 3.63) is 29.8 Å². The molecule has 3 atom stereocenters. The predicted molar refractivity (Wildman–Crippen MR) is 95.2 cm³/mol. The molecule has 1 saturated heterocycles. The monoisotopic (exact) mass is 366 g/mol. The molecule has 3 rings (SSSR count). The molecule has 0 bridgehead atoms. The predicted octanol–water partition coefficient (Wildman–Crippen LogP) is 0.239. The summed E-state index contributed by atoms with van der Waals surface area (Å²) in [6.45, 7) is 4.84. The lowest BCUT2D eigenvalue weighted by atomic mass is 9.93. The number of benzene rings is 1. The topological polar surface area (TPSA) is 90.5 Å². The third-order valence-electron chi connectivity index (χ3n) is 5.28. The summed E-state index contributed by atoms with van der Waals surface area (Å²) in [5.41, 5.74) is 7.12. The van der Waals surface area contributed by atoms with Gasteiger partial charge in [0.05, 0.1) is 4.90 Å². The van der Waals surface area contributed by atoms with E-state index in [-0.39, 0.29) is 10.8 Å². The lowest BCUT2D eigenvalue weighted by Gasteiger charge is -2.29. The van der Waals surface area contributed by atoms with E-state index in [0.29, 0.717) is 36.5 Å². The highest BCUT2D eigenvalue weighted by atomic mass is 32.2. The number of carbonyl (C=O) groups excluding carboxylic acids is 1. The maximum atomic E-state index is 12.7. The van der Waals surface area contributed by atoms with Gasteiger partial charge in [0.1, 0.15) is 6.04 Å². The molecule has 0 aliphatic carbocycles. The van der Waals surface area contributed by atoms with Gasteiger partial charge in [0.15, 0.2) is 0 Å². The summed E-state index contributed by atoms with van der Waals surface area (Å²) in [7, 11) is -1.90. The first-order chi connectivity index (χ1) is 11.8. The van der Waals surface area contributed by atoms with Crippen molar-refractivity contribution in [2.75, 3.05) is 13.6 Å². The summed E-state index contributed by atoms with van der Waals surface area (Å²) >= 11 is 0. The highest BCUT2D eigenvalue weighted by molar-refractivity contribution is 7.89. The number of nitrogens with zero attached hydrogens (tertiary/aromatic N) is 1. The third kappa shape index (κ3) is 3.72. The smallest absolute Gasteiger partial charge is 0.241 e. The molecule has 1 aromatic rings. The Morgan fingerprint density at radius 2 is 1.84 bits per heavy atom. The minimum atomic E-state index is -3.64. The summed E-state index contributed by atoms with van der Waals surface area (Å²) in [5, 5.41) is 0. The second-order valence-electron chi connectivity index (χ2n) is 7.06. The molecule has 2 aliphatic rings. The molecular weight excluding hydrogens is 340 g/mol. The van der Waals surface area contributed by atoms with Gasteiger partial charge in [-0.1, -0.05) is 18.2 Å². The Morgan fingerprint density at radius 1 is 1.20 bits per heavy atom. The zero-order valence-electron chi connectivity index (χ0n) is 14.8. The number of hydrogen-bond donors (Lipinski definition) is 3. The number of rotatable bonds is 4. The molecule has 8 heteroatoms. The van der Waals surface area contributed by atoms with Crippen molar-refractivity contribution >= 4 is 15.9 Å². The Hall–Kier alpha value is -1.48. The van der Waals surface area contributed by atoms with Crippen LogP contribution in [-0.4, -0.2) is 50.9 Å². The van der Waals surface area contributed by atoms with Crippen molar-refractivity contribution in [1.29, 1.82) is 0 Å². The Bertz CT molecular complexity index is 742. The van der Waals surface area contributed by atoms with Crippen molar-refractivity contribution in [3.8, 4) is 0 Å². The molecule has 138 valence electrons. The highest BCUT2D eigenvalue weighted by Crippen LogP contribution is 2.24. The van der Waals surface area contributed by atoms with Crippen molar-refractivity contribution in [1.82, 2.24) is 20.5 Å². The summed E-state index contributed by atoms with van der Waals surface area (Å²) < 4.78 is 27.3. The Morgan fingerprint density at radius 3 is 2.52 bits per heavy atom. The number of nitrogens with one attached hydrogen (secondary N) is 3. The Balaban J connectivity index is 1.65.